The summed E-state index contributed by atoms with van der Waals surface area (Å²) in [4.78, 5) is 37.6. The maximum atomic E-state index is 12.9. The van der Waals surface area contributed by atoms with Crippen LogP contribution < -0.4 is 43.8 Å². The van der Waals surface area contributed by atoms with Gasteiger partial charge in [0, 0.05) is 28.7 Å². The number of fused-ring (bicyclic) bond motifs is 2. The maximum absolute atomic E-state index is 12.9. The van der Waals surface area contributed by atoms with Gasteiger partial charge in [0.05, 0.1) is 4.90 Å². The summed E-state index contributed by atoms with van der Waals surface area (Å²) in [6.45, 7) is 46.8. The molecule has 2 heterocycles. The molecular weight excluding hydrogens is 1070 g/mol. The average Bonchev–Trinajstić information content (AvgIpc) is 3.96. The zero-order chi connectivity index (χ0) is 61.8. The molecule has 8 rings (SSSR count). The van der Waals surface area contributed by atoms with Crippen LogP contribution in [-0.2, 0) is 63.4 Å². The van der Waals surface area contributed by atoms with Crippen LogP contribution in [0.5, 0.6) is 23.0 Å². The van der Waals surface area contributed by atoms with E-state index in [9.17, 15) is 32.5 Å². The van der Waals surface area contributed by atoms with Crippen LogP contribution in [0.3, 0.4) is 0 Å². The first kappa shape index (κ1) is 68.2. The average molecular weight is 1160 g/mol. The van der Waals surface area contributed by atoms with Crippen molar-refractivity contribution in [3.8, 4) is 23.0 Å². The topological polar surface area (TPSA) is 156 Å². The molecule has 0 spiro atoms. The minimum Gasteiger partial charge on any atom is -0.744 e. The predicted octanol–water partition coefficient (Wildman–Crippen LogP) is 13.3. The fourth-order valence-electron chi connectivity index (χ4n) is 10.2. The minimum atomic E-state index is -4.54. The van der Waals surface area contributed by atoms with E-state index in [1.54, 1.807) is 0 Å². The number of rotatable bonds is 7. The molecule has 2 unspecified atom stereocenters. The predicted molar refractivity (Wildman–Crippen MR) is 328 cm³/mol. The van der Waals surface area contributed by atoms with Gasteiger partial charge in [-0.25, -0.2) is 8.42 Å². The number of hydrogen-bond acceptors (Lipinski definition) is 10. The summed E-state index contributed by atoms with van der Waals surface area (Å²) in [7, 11) is -4.54. The summed E-state index contributed by atoms with van der Waals surface area (Å²) >= 11 is 0. The largest absolute Gasteiger partial charge is 1.00 e. The quantitative estimate of drug-likeness (QED) is 0.0706. The number of benzene rings is 6. The Labute approximate surface area is 518 Å². The molecular formula is C71H89NaO10S. The van der Waals surface area contributed by atoms with Gasteiger partial charge in [0.1, 0.15) is 45.0 Å². The summed E-state index contributed by atoms with van der Waals surface area (Å²) < 4.78 is 49.8. The number of carbonyl (C=O) groups excluding carboxylic acids is 3. The van der Waals surface area contributed by atoms with Crippen LogP contribution in [0.15, 0.2) is 102 Å². The van der Waals surface area contributed by atoms with E-state index in [1.807, 2.05) is 59.7 Å². The number of phenolic OH excluding ortho intramolecular Hbond substituents is 1. The first-order valence-corrected chi connectivity index (χ1v) is 29.9. The van der Waals surface area contributed by atoms with Gasteiger partial charge >= 0.3 is 47.5 Å². The molecule has 0 amide bonds. The number of aromatic hydroxyl groups is 1. The Hall–Kier alpha value is -5.56. The van der Waals surface area contributed by atoms with Gasteiger partial charge in [-0.3, -0.25) is 14.4 Å². The first-order valence-electron chi connectivity index (χ1n) is 28.5. The second-order valence-electron chi connectivity index (χ2n) is 28.7. The molecule has 0 saturated carbocycles. The van der Waals surface area contributed by atoms with Gasteiger partial charge in [-0.15, -0.1) is 0 Å². The minimum absolute atomic E-state index is 0. The zero-order valence-electron chi connectivity index (χ0n) is 53.8. The van der Waals surface area contributed by atoms with Crippen molar-refractivity contribution in [2.24, 2.45) is 0 Å². The smallest absolute Gasteiger partial charge is 0.744 e. The van der Waals surface area contributed by atoms with Crippen molar-refractivity contribution < 1.29 is 76.2 Å². The van der Waals surface area contributed by atoms with Gasteiger partial charge in [0.2, 0.25) is 0 Å². The summed E-state index contributed by atoms with van der Waals surface area (Å²) in [6.07, 6.45) is 0.540. The Kier molecular flexibility index (Phi) is 20.4. The van der Waals surface area contributed by atoms with Crippen LogP contribution in [0.4, 0.5) is 0 Å². The fourth-order valence-corrected chi connectivity index (χ4v) is 10.7. The number of phenols is 1. The molecule has 0 radical (unpaired) electrons. The molecule has 2 atom stereocenters. The number of aryl methyl sites for hydroxylation is 4. The van der Waals surface area contributed by atoms with Crippen LogP contribution >= 0.6 is 0 Å². The number of ether oxygens (including phenoxy) is 3. The van der Waals surface area contributed by atoms with E-state index < -0.39 is 16.1 Å². The Morgan fingerprint density at radius 2 is 0.976 bits per heavy atom. The third-order valence-corrected chi connectivity index (χ3v) is 16.5. The van der Waals surface area contributed by atoms with Crippen molar-refractivity contribution in [3.05, 3.63) is 181 Å². The normalized spacial score (nSPS) is 15.4. The van der Waals surface area contributed by atoms with Crippen molar-refractivity contribution >= 4 is 28.0 Å². The standard InChI is InChI=1S/2C24H30O2.C23H30O6S.Na/c1-14-9-10-16(11-15(14)2)20-18-12-17(23(3,4)5)13-19(24(6,7)8)21(18)26-22(20)25;1-14-10-9-11-17(15(14)2)20-18-12-16(23(3,4)5)13-19(24(6,7)8)21(18)26-22(20)25;1-22(2,3)18-13-15(14-19(21(18)25)23(4,5)6)7-12-20(24)29-16-8-10-17(11-9-16)30(26,27)28;/h2*9-13,20H,1-8H3;8-11,13-14,25H,7,12H2,1-6H3,(H,26,27,28);/q;;;+1/p-1. The molecule has 2 aliphatic heterocycles. The van der Waals surface area contributed by atoms with Crippen LogP contribution in [0.1, 0.15) is 226 Å². The Balaban J connectivity index is 0.000000227. The van der Waals surface area contributed by atoms with Crippen LogP contribution in [0, 0.1) is 27.7 Å². The summed E-state index contributed by atoms with van der Waals surface area (Å²) in [5.74, 6) is 0.500. The number of carbonyl (C=O) groups is 3. The van der Waals surface area contributed by atoms with Crippen molar-refractivity contribution in [1.82, 2.24) is 0 Å². The second-order valence-corrected chi connectivity index (χ2v) is 30.0. The molecule has 0 aliphatic carbocycles. The molecule has 6 aromatic rings. The van der Waals surface area contributed by atoms with Crippen molar-refractivity contribution in [2.75, 3.05) is 0 Å². The summed E-state index contributed by atoms with van der Waals surface area (Å²) in [6, 6.07) is 29.9. The Bertz CT molecular complexity index is 3490. The monoisotopic (exact) mass is 1160 g/mol. The maximum Gasteiger partial charge on any atom is 1.00 e. The Morgan fingerprint density at radius 1 is 0.530 bits per heavy atom. The molecule has 0 saturated heterocycles. The van der Waals surface area contributed by atoms with Crippen molar-refractivity contribution in [3.63, 3.8) is 0 Å². The van der Waals surface area contributed by atoms with Gasteiger partial charge < -0.3 is 23.9 Å². The molecule has 0 fully saturated rings. The molecule has 440 valence electrons. The second kappa shape index (κ2) is 24.8. The van der Waals surface area contributed by atoms with Gasteiger partial charge in [-0.1, -0.05) is 197 Å². The first-order chi connectivity index (χ1) is 37.4. The molecule has 12 heteroatoms. The SMILES string of the molecule is CC(C)(C)c1cc(CCC(=O)Oc2ccc(S(=O)(=O)[O-])cc2)cc(C(C)(C)C)c1O.Cc1ccc(C2C(=O)Oc3c2cc(C(C)(C)C)cc3C(C)(C)C)cc1C.Cc1cccc(C2C(=O)Oc3c2cc(C(C)(C)C)cc3C(C)(C)C)c1C.[Na+]. The van der Waals surface area contributed by atoms with E-state index in [0.717, 1.165) is 73.7 Å². The molecule has 83 heavy (non-hydrogen) atoms. The van der Waals surface area contributed by atoms with Crippen LogP contribution in [0.2, 0.25) is 0 Å². The molecule has 6 aromatic carbocycles. The van der Waals surface area contributed by atoms with Gasteiger partial charge in [0.15, 0.2) is 0 Å². The number of hydrogen-bond donors (Lipinski definition) is 1. The third kappa shape index (κ3) is 16.1. The van der Waals surface area contributed by atoms with Gasteiger partial charge in [-0.2, -0.15) is 0 Å². The number of esters is 3. The van der Waals surface area contributed by atoms with E-state index in [2.05, 4.69) is 165 Å². The van der Waals surface area contributed by atoms with Gasteiger partial charge in [-0.05, 0) is 152 Å². The molecule has 0 bridgehead atoms. The fraction of sp³-hybridized carbons (Fsp3) is 0.451. The summed E-state index contributed by atoms with van der Waals surface area (Å²) in [5, 5.41) is 10.8. The van der Waals surface area contributed by atoms with Crippen molar-refractivity contribution in [2.45, 2.75) is 214 Å². The molecule has 0 aromatic heterocycles. The van der Waals surface area contributed by atoms with E-state index in [-0.39, 0.29) is 109 Å². The summed E-state index contributed by atoms with van der Waals surface area (Å²) in [5.41, 5.74) is 15.5. The van der Waals surface area contributed by atoms with E-state index >= 15 is 0 Å². The van der Waals surface area contributed by atoms with Crippen molar-refractivity contribution in [1.29, 1.82) is 0 Å². The molecule has 10 nitrogen and oxygen atoms in total. The Morgan fingerprint density at radius 3 is 1.40 bits per heavy atom. The van der Waals surface area contributed by atoms with Crippen LogP contribution in [0.25, 0.3) is 0 Å². The third-order valence-electron chi connectivity index (χ3n) is 15.7. The van der Waals surface area contributed by atoms with Gasteiger partial charge in [0.25, 0.3) is 0 Å². The molecule has 2 aliphatic rings. The van der Waals surface area contributed by atoms with E-state index in [4.69, 9.17) is 14.2 Å². The van der Waals surface area contributed by atoms with E-state index in [1.165, 1.54) is 45.5 Å². The van der Waals surface area contributed by atoms with Crippen LogP contribution in [-0.4, -0.2) is 36.0 Å². The van der Waals surface area contributed by atoms with E-state index in [0.29, 0.717) is 6.42 Å². The zero-order valence-corrected chi connectivity index (χ0v) is 56.7. The molecule has 1 N–H and O–H groups in total.